The third-order valence-electron chi connectivity index (χ3n) is 7.22. The molecule has 0 aliphatic heterocycles. The van der Waals surface area contributed by atoms with E-state index in [0.29, 0.717) is 6.42 Å². The predicted octanol–water partition coefficient (Wildman–Crippen LogP) is 7.86. The number of nitrogens with one attached hydrogen (secondary N) is 1. The molecule has 0 bridgehead atoms. The van der Waals surface area contributed by atoms with Crippen LogP contribution in [0.25, 0.3) is 0 Å². The molecular weight excluding hydrogens is 525 g/mol. The van der Waals surface area contributed by atoms with Gasteiger partial charge in [-0.25, -0.2) is 0 Å². The Morgan fingerprint density at radius 2 is 1.08 bits per heavy atom. The van der Waals surface area contributed by atoms with Crippen LogP contribution in [0.1, 0.15) is 71.1 Å². The summed E-state index contributed by atoms with van der Waals surface area (Å²) in [5, 5.41) is 4.50. The van der Waals surface area contributed by atoms with E-state index in [-0.39, 0.29) is 5.91 Å². The topological polar surface area (TPSA) is 29.1 Å². The molecule has 0 saturated carbocycles. The van der Waals surface area contributed by atoms with Gasteiger partial charge in [0.1, 0.15) is 0 Å². The molecule has 0 heterocycles. The summed E-state index contributed by atoms with van der Waals surface area (Å²) in [6.45, 7) is 2.99. The monoisotopic (exact) mass is 567 g/mol. The van der Waals surface area contributed by atoms with Gasteiger partial charge in [0.15, 0.2) is 0 Å². The van der Waals surface area contributed by atoms with E-state index >= 15 is 0 Å². The van der Waals surface area contributed by atoms with Crippen LogP contribution < -0.4 is 21.2 Å². The third-order valence-corrected chi connectivity index (χ3v) is 17.2. The maximum atomic E-state index is 11.9. The van der Waals surface area contributed by atoms with Crippen molar-refractivity contribution >= 4 is 42.6 Å². The molecule has 4 heteroatoms. The van der Waals surface area contributed by atoms with Crippen LogP contribution in [-0.4, -0.2) is 18.6 Å². The van der Waals surface area contributed by atoms with Crippen molar-refractivity contribution < 1.29 is 4.79 Å². The number of amides is 1. The number of hydrogen-bond acceptors (Lipinski definition) is 1. The molecule has 36 heavy (non-hydrogen) atoms. The predicted molar refractivity (Wildman–Crippen MR) is 164 cm³/mol. The van der Waals surface area contributed by atoms with E-state index < -0.39 is 5.31 Å². The molecule has 0 radical (unpaired) electrons. The first-order valence-corrected chi connectivity index (χ1v) is 18.2. The number of halogens is 1. The van der Waals surface area contributed by atoms with Crippen molar-refractivity contribution in [3.63, 3.8) is 0 Å². The van der Waals surface area contributed by atoms with E-state index in [1.54, 1.807) is 0 Å². The van der Waals surface area contributed by atoms with Crippen LogP contribution in [0.5, 0.6) is 0 Å². The Hall–Kier alpha value is -1.96. The second-order valence-corrected chi connectivity index (χ2v) is 18.9. The standard InChI is InChI=1S/C32H43BrNOP/c1-2-3-11-26-32(35)34-27-18-6-4-5-7-19-28-36(33,29-20-12-8-13-21-29,30-22-14-9-15-23-30)31-24-16-10-17-25-31/h8-10,12-17,20-25H,2-7,11,18-19,26-28H2,1H3,(H,34,35). The summed E-state index contributed by atoms with van der Waals surface area (Å²) in [6.07, 6.45) is 12.2. The molecule has 0 fully saturated rings. The molecule has 3 rings (SSSR count). The maximum absolute atomic E-state index is 11.9. The fourth-order valence-electron chi connectivity index (χ4n) is 5.14. The van der Waals surface area contributed by atoms with Gasteiger partial charge in [-0.15, -0.1) is 0 Å². The molecule has 0 saturated heterocycles. The van der Waals surface area contributed by atoms with Crippen LogP contribution in [0, 0.1) is 0 Å². The molecule has 3 aromatic rings. The minimum atomic E-state index is -2.78. The summed E-state index contributed by atoms with van der Waals surface area (Å²) >= 11 is 4.55. The Kier molecular flexibility index (Phi) is 11.7. The van der Waals surface area contributed by atoms with E-state index in [1.165, 1.54) is 48.0 Å². The van der Waals surface area contributed by atoms with Gasteiger partial charge in [-0.05, 0) is 0 Å². The van der Waals surface area contributed by atoms with Crippen LogP contribution in [0.3, 0.4) is 0 Å². The Balaban J connectivity index is 1.60. The summed E-state index contributed by atoms with van der Waals surface area (Å²) in [5.41, 5.74) is 0. The summed E-state index contributed by atoms with van der Waals surface area (Å²) in [6, 6.07) is 33.2. The zero-order chi connectivity index (χ0) is 25.6. The Morgan fingerprint density at radius 3 is 1.56 bits per heavy atom. The van der Waals surface area contributed by atoms with Crippen molar-refractivity contribution in [3.8, 4) is 0 Å². The second-order valence-electron chi connectivity index (χ2n) is 9.84. The quantitative estimate of drug-likeness (QED) is 0.138. The normalized spacial score (nSPS) is 12.6. The summed E-state index contributed by atoms with van der Waals surface area (Å²) in [5.74, 6) is 0.217. The minimum absolute atomic E-state index is 0.217. The van der Waals surface area contributed by atoms with E-state index in [0.717, 1.165) is 38.4 Å². The number of hydrogen-bond donors (Lipinski definition) is 1. The third kappa shape index (κ3) is 7.30. The molecule has 0 spiro atoms. The molecule has 0 aromatic heterocycles. The van der Waals surface area contributed by atoms with Crippen LogP contribution in [-0.2, 0) is 4.79 Å². The van der Waals surface area contributed by atoms with Crippen molar-refractivity contribution in [2.24, 2.45) is 0 Å². The average molecular weight is 569 g/mol. The van der Waals surface area contributed by atoms with Gasteiger partial charge < -0.3 is 0 Å². The molecule has 194 valence electrons. The van der Waals surface area contributed by atoms with E-state index in [9.17, 15) is 4.79 Å². The number of unbranched alkanes of at least 4 members (excludes halogenated alkanes) is 7. The summed E-state index contributed by atoms with van der Waals surface area (Å²) in [7, 11) is 0. The number of benzene rings is 3. The Bertz CT molecular complexity index is 926. The molecule has 0 atom stereocenters. The molecule has 1 amide bonds. The van der Waals surface area contributed by atoms with Crippen molar-refractivity contribution in [2.45, 2.75) is 71.1 Å². The van der Waals surface area contributed by atoms with Gasteiger partial charge in [-0.2, -0.15) is 0 Å². The molecule has 1 N–H and O–H groups in total. The first-order chi connectivity index (χ1) is 17.6. The Labute approximate surface area is 227 Å². The first-order valence-electron chi connectivity index (χ1n) is 13.8. The van der Waals surface area contributed by atoms with Gasteiger partial charge in [0.25, 0.3) is 0 Å². The molecule has 2 nitrogen and oxygen atoms in total. The second kappa shape index (κ2) is 14.7. The van der Waals surface area contributed by atoms with Crippen molar-refractivity contribution in [1.82, 2.24) is 5.32 Å². The average Bonchev–Trinajstić information content (AvgIpc) is 2.93. The molecular formula is C32H43BrNOP. The number of rotatable bonds is 16. The fourth-order valence-corrected chi connectivity index (χ4v) is 12.9. The molecule has 3 aromatic carbocycles. The van der Waals surface area contributed by atoms with Crippen LogP contribution in [0.15, 0.2) is 91.0 Å². The summed E-state index contributed by atoms with van der Waals surface area (Å²) in [4.78, 5) is 11.9. The number of carbonyl (C=O) groups is 1. The first kappa shape index (κ1) is 28.6. The van der Waals surface area contributed by atoms with Crippen LogP contribution in [0.2, 0.25) is 0 Å². The van der Waals surface area contributed by atoms with Gasteiger partial charge in [0.05, 0.1) is 0 Å². The van der Waals surface area contributed by atoms with Crippen LogP contribution >= 0.6 is 20.8 Å². The zero-order valence-electron chi connectivity index (χ0n) is 21.9. The van der Waals surface area contributed by atoms with E-state index in [2.05, 4.69) is 119 Å². The van der Waals surface area contributed by atoms with Gasteiger partial charge in [0.2, 0.25) is 0 Å². The zero-order valence-corrected chi connectivity index (χ0v) is 24.4. The van der Waals surface area contributed by atoms with E-state index in [4.69, 9.17) is 0 Å². The van der Waals surface area contributed by atoms with Crippen LogP contribution in [0.4, 0.5) is 0 Å². The van der Waals surface area contributed by atoms with Gasteiger partial charge in [-0.3, -0.25) is 0 Å². The Morgan fingerprint density at radius 1 is 0.639 bits per heavy atom. The van der Waals surface area contributed by atoms with Crippen molar-refractivity contribution in [3.05, 3.63) is 91.0 Å². The molecule has 0 unspecified atom stereocenters. The van der Waals surface area contributed by atoms with Crippen molar-refractivity contribution in [1.29, 1.82) is 0 Å². The van der Waals surface area contributed by atoms with E-state index in [1.807, 2.05) is 0 Å². The van der Waals surface area contributed by atoms with Gasteiger partial charge >= 0.3 is 208 Å². The van der Waals surface area contributed by atoms with Gasteiger partial charge in [0, 0.05) is 0 Å². The summed E-state index contributed by atoms with van der Waals surface area (Å²) < 4.78 is 0. The molecule has 0 aliphatic rings. The van der Waals surface area contributed by atoms with Crippen molar-refractivity contribution in [2.75, 3.05) is 12.7 Å². The number of carbonyl (C=O) groups excluding carboxylic acids is 1. The SMILES string of the molecule is CCCCCC(=O)NCCCCCCCCP(Br)(c1ccccc1)(c1ccccc1)c1ccccc1. The molecule has 0 aliphatic carbocycles. The van der Waals surface area contributed by atoms with Gasteiger partial charge in [-0.1, -0.05) is 19.8 Å². The fraction of sp³-hybridized carbons (Fsp3) is 0.406.